The van der Waals surface area contributed by atoms with Crippen molar-refractivity contribution in [1.82, 2.24) is 10.6 Å². The zero-order valence-electron chi connectivity index (χ0n) is 17.8. The molecule has 1 saturated heterocycles. The molecule has 0 spiro atoms. The van der Waals surface area contributed by atoms with Gasteiger partial charge in [0.1, 0.15) is 0 Å². The molecule has 0 aliphatic carbocycles. The van der Waals surface area contributed by atoms with E-state index in [1.807, 2.05) is 7.05 Å². The van der Waals surface area contributed by atoms with Gasteiger partial charge >= 0.3 is 0 Å². The number of hydrogen-bond acceptors (Lipinski definition) is 3. The quantitative estimate of drug-likeness (QED) is 0.223. The van der Waals surface area contributed by atoms with E-state index in [1.165, 1.54) is 16.7 Å². The molecule has 2 aromatic rings. The molecule has 1 aliphatic heterocycles. The zero-order valence-corrected chi connectivity index (χ0v) is 20.1. The maximum absolute atomic E-state index is 5.99. The van der Waals surface area contributed by atoms with E-state index in [9.17, 15) is 0 Å². The average Bonchev–Trinajstić information content (AvgIpc) is 2.79. The Kier molecular flexibility index (Phi) is 11.8. The number of rotatable bonds is 9. The fraction of sp³-hybridized carbons (Fsp3) is 0.458. The van der Waals surface area contributed by atoms with E-state index in [4.69, 9.17) is 9.47 Å². The van der Waals surface area contributed by atoms with Gasteiger partial charge in [0.2, 0.25) is 0 Å². The molecule has 0 bridgehead atoms. The number of benzene rings is 2. The van der Waals surface area contributed by atoms with Crippen LogP contribution in [-0.4, -0.2) is 38.9 Å². The van der Waals surface area contributed by atoms with Gasteiger partial charge in [-0.15, -0.1) is 24.0 Å². The number of ether oxygens (including phenoxy) is 2. The topological polar surface area (TPSA) is 54.9 Å². The Hall–Kier alpha value is -1.64. The van der Waals surface area contributed by atoms with Crippen LogP contribution >= 0.6 is 24.0 Å². The fourth-order valence-corrected chi connectivity index (χ4v) is 3.36. The van der Waals surface area contributed by atoms with Crippen molar-refractivity contribution in [2.24, 2.45) is 4.99 Å². The number of aryl methyl sites for hydroxylation is 1. The van der Waals surface area contributed by atoms with Crippen LogP contribution < -0.4 is 10.6 Å². The lowest BCUT2D eigenvalue weighted by Gasteiger charge is -2.22. The summed E-state index contributed by atoms with van der Waals surface area (Å²) in [5.41, 5.74) is 3.81. The molecule has 1 aliphatic rings. The highest BCUT2D eigenvalue weighted by molar-refractivity contribution is 14.0. The first kappa shape index (κ1) is 24.6. The van der Waals surface area contributed by atoms with Gasteiger partial charge in [0.05, 0.1) is 12.7 Å². The highest BCUT2D eigenvalue weighted by atomic mass is 127. The molecule has 0 unspecified atom stereocenters. The number of hydrogen-bond donors (Lipinski definition) is 2. The molecular formula is C24H34IN3O2. The first-order chi connectivity index (χ1) is 14.3. The third-order valence-corrected chi connectivity index (χ3v) is 5.14. The third-order valence-electron chi connectivity index (χ3n) is 5.14. The van der Waals surface area contributed by atoms with Crippen LogP contribution in [0.15, 0.2) is 59.6 Å². The van der Waals surface area contributed by atoms with Gasteiger partial charge in [-0.2, -0.15) is 0 Å². The van der Waals surface area contributed by atoms with Gasteiger partial charge in [0, 0.05) is 33.4 Å². The molecule has 1 fully saturated rings. The van der Waals surface area contributed by atoms with Crippen molar-refractivity contribution in [1.29, 1.82) is 0 Å². The highest BCUT2D eigenvalue weighted by Gasteiger charge is 2.13. The van der Waals surface area contributed by atoms with Gasteiger partial charge in [0.15, 0.2) is 5.96 Å². The summed E-state index contributed by atoms with van der Waals surface area (Å²) in [7, 11) is 1.81. The Morgan fingerprint density at radius 3 is 2.37 bits per heavy atom. The first-order valence-corrected chi connectivity index (χ1v) is 10.6. The minimum absolute atomic E-state index is 0. The lowest BCUT2D eigenvalue weighted by atomic mass is 10.1. The average molecular weight is 523 g/mol. The van der Waals surface area contributed by atoms with Gasteiger partial charge in [-0.25, -0.2) is 0 Å². The summed E-state index contributed by atoms with van der Waals surface area (Å²) in [6.45, 7) is 3.95. The molecular weight excluding hydrogens is 489 g/mol. The molecule has 0 radical (unpaired) electrons. The molecule has 0 amide bonds. The van der Waals surface area contributed by atoms with Crippen LogP contribution in [0.2, 0.25) is 0 Å². The normalized spacial score (nSPS) is 14.8. The Balaban J connectivity index is 0.00000320. The monoisotopic (exact) mass is 523 g/mol. The Morgan fingerprint density at radius 2 is 1.67 bits per heavy atom. The number of halogens is 1. The highest BCUT2D eigenvalue weighted by Crippen LogP contribution is 2.14. The second kappa shape index (κ2) is 14.4. The summed E-state index contributed by atoms with van der Waals surface area (Å²) in [4.78, 5) is 4.31. The molecule has 1 heterocycles. The van der Waals surface area contributed by atoms with Crippen LogP contribution in [0.25, 0.3) is 0 Å². The van der Waals surface area contributed by atoms with Crippen molar-refractivity contribution >= 4 is 29.9 Å². The predicted octanol–water partition coefficient (Wildman–Crippen LogP) is 4.30. The Labute approximate surface area is 197 Å². The minimum Gasteiger partial charge on any atom is -0.381 e. The van der Waals surface area contributed by atoms with Crippen molar-refractivity contribution < 1.29 is 9.47 Å². The summed E-state index contributed by atoms with van der Waals surface area (Å²) in [6.07, 6.45) is 4.48. The van der Waals surface area contributed by atoms with Gasteiger partial charge in [-0.3, -0.25) is 4.99 Å². The van der Waals surface area contributed by atoms with Crippen LogP contribution in [0, 0.1) is 0 Å². The van der Waals surface area contributed by atoms with Crippen molar-refractivity contribution in [3.05, 3.63) is 71.3 Å². The summed E-state index contributed by atoms with van der Waals surface area (Å²) in [6, 6.07) is 19.2. The van der Waals surface area contributed by atoms with E-state index < -0.39 is 0 Å². The van der Waals surface area contributed by atoms with Crippen LogP contribution in [0.5, 0.6) is 0 Å². The third kappa shape index (κ3) is 9.02. The van der Waals surface area contributed by atoms with Crippen molar-refractivity contribution in [3.8, 4) is 0 Å². The van der Waals surface area contributed by atoms with Crippen molar-refractivity contribution in [2.75, 3.05) is 26.8 Å². The van der Waals surface area contributed by atoms with Gasteiger partial charge in [0.25, 0.3) is 0 Å². The molecule has 3 rings (SSSR count). The molecule has 0 saturated carbocycles. The van der Waals surface area contributed by atoms with E-state index in [-0.39, 0.29) is 24.0 Å². The molecule has 2 aromatic carbocycles. The molecule has 0 aromatic heterocycles. The van der Waals surface area contributed by atoms with Gasteiger partial charge in [-0.05, 0) is 42.4 Å². The van der Waals surface area contributed by atoms with E-state index >= 15 is 0 Å². The van der Waals surface area contributed by atoms with E-state index in [2.05, 4.69) is 70.2 Å². The number of nitrogens with one attached hydrogen (secondary N) is 2. The number of aliphatic imine (C=N–C) groups is 1. The molecule has 5 nitrogen and oxygen atoms in total. The van der Waals surface area contributed by atoms with Crippen LogP contribution in [-0.2, 0) is 29.0 Å². The summed E-state index contributed by atoms with van der Waals surface area (Å²) in [5.74, 6) is 0.838. The smallest absolute Gasteiger partial charge is 0.191 e. The SMILES string of the molecule is CN=C(NCCCc1ccccc1)NCc1ccc(COC2CCOCC2)cc1.I. The second-order valence-corrected chi connectivity index (χ2v) is 7.38. The van der Waals surface area contributed by atoms with E-state index in [1.54, 1.807) is 0 Å². The number of nitrogens with zero attached hydrogens (tertiary/aromatic N) is 1. The largest absolute Gasteiger partial charge is 0.381 e. The minimum atomic E-state index is 0. The molecule has 30 heavy (non-hydrogen) atoms. The van der Waals surface area contributed by atoms with Crippen LogP contribution in [0.3, 0.4) is 0 Å². The lowest BCUT2D eigenvalue weighted by Crippen LogP contribution is -2.37. The van der Waals surface area contributed by atoms with Gasteiger partial charge < -0.3 is 20.1 Å². The number of guanidine groups is 1. The fourth-order valence-electron chi connectivity index (χ4n) is 3.36. The zero-order chi connectivity index (χ0) is 20.2. The molecule has 0 atom stereocenters. The van der Waals surface area contributed by atoms with E-state index in [0.717, 1.165) is 57.9 Å². The second-order valence-electron chi connectivity index (χ2n) is 7.38. The Morgan fingerprint density at radius 1 is 0.967 bits per heavy atom. The van der Waals surface area contributed by atoms with Crippen molar-refractivity contribution in [3.63, 3.8) is 0 Å². The predicted molar refractivity (Wildman–Crippen MR) is 133 cm³/mol. The van der Waals surface area contributed by atoms with Crippen LogP contribution in [0.4, 0.5) is 0 Å². The summed E-state index contributed by atoms with van der Waals surface area (Å²) >= 11 is 0. The maximum Gasteiger partial charge on any atom is 0.191 e. The molecule has 6 heteroatoms. The van der Waals surface area contributed by atoms with Crippen LogP contribution in [0.1, 0.15) is 36.0 Å². The van der Waals surface area contributed by atoms with Crippen molar-refractivity contribution in [2.45, 2.75) is 44.9 Å². The Bertz CT molecular complexity index is 732. The summed E-state index contributed by atoms with van der Waals surface area (Å²) in [5, 5.41) is 6.77. The van der Waals surface area contributed by atoms with Gasteiger partial charge in [-0.1, -0.05) is 54.6 Å². The van der Waals surface area contributed by atoms with E-state index in [0.29, 0.717) is 12.7 Å². The first-order valence-electron chi connectivity index (χ1n) is 10.6. The standard InChI is InChI=1S/C24H33N3O2.HI/c1-25-24(26-15-5-8-20-6-3-2-4-7-20)27-18-21-9-11-22(12-10-21)19-29-23-13-16-28-17-14-23;/h2-4,6-7,9-12,23H,5,8,13-19H2,1H3,(H2,25,26,27);1H. The summed E-state index contributed by atoms with van der Waals surface area (Å²) < 4.78 is 11.4. The maximum atomic E-state index is 5.99. The molecule has 164 valence electrons. The lowest BCUT2D eigenvalue weighted by molar-refractivity contribution is -0.0390. The molecule has 2 N–H and O–H groups in total.